The lowest BCUT2D eigenvalue weighted by molar-refractivity contribution is -0.0347. The molecular formula is C16H32O. The molecule has 0 heterocycles. The smallest absolute Gasteiger partial charge is 0.0619 e. The second kappa shape index (κ2) is 4.57. The number of hydrogen-bond acceptors (Lipinski definition) is 1. The van der Waals surface area contributed by atoms with E-state index in [-0.39, 0.29) is 0 Å². The molecule has 1 aliphatic carbocycles. The summed E-state index contributed by atoms with van der Waals surface area (Å²) in [7, 11) is 0. The molecule has 0 bridgehead atoms. The Labute approximate surface area is 108 Å². The van der Waals surface area contributed by atoms with Gasteiger partial charge in [-0.05, 0) is 62.2 Å². The molecule has 0 atom stereocenters. The predicted octanol–water partition coefficient (Wildman–Crippen LogP) is 4.64. The Hall–Kier alpha value is -0.0400. The zero-order valence-corrected chi connectivity index (χ0v) is 12.9. The number of hydrogen-bond donors (Lipinski definition) is 1. The molecule has 0 aromatic rings. The van der Waals surface area contributed by atoms with Gasteiger partial charge in [0, 0.05) is 0 Å². The molecule has 0 aromatic heterocycles. The molecule has 1 rings (SSSR count). The monoisotopic (exact) mass is 240 g/mol. The molecule has 1 saturated carbocycles. The van der Waals surface area contributed by atoms with Gasteiger partial charge in [0.15, 0.2) is 0 Å². The number of rotatable bonds is 2. The van der Waals surface area contributed by atoms with Crippen molar-refractivity contribution in [1.82, 2.24) is 0 Å². The van der Waals surface area contributed by atoms with Gasteiger partial charge in [-0.3, -0.25) is 0 Å². The van der Waals surface area contributed by atoms with E-state index in [9.17, 15) is 5.11 Å². The van der Waals surface area contributed by atoms with E-state index in [0.29, 0.717) is 16.7 Å². The van der Waals surface area contributed by atoms with Crippen LogP contribution in [-0.4, -0.2) is 10.7 Å². The van der Waals surface area contributed by atoms with Crippen molar-refractivity contribution in [2.75, 3.05) is 0 Å². The average molecular weight is 240 g/mol. The summed E-state index contributed by atoms with van der Waals surface area (Å²) in [6.45, 7) is 15.8. The third kappa shape index (κ3) is 3.24. The second-order valence-electron chi connectivity index (χ2n) is 8.17. The SMILES string of the molecule is CC(C)(O)C1CCC(C(C)(C)C(C)(C)C)CC1. The van der Waals surface area contributed by atoms with Gasteiger partial charge in [0.2, 0.25) is 0 Å². The predicted molar refractivity (Wildman–Crippen MR) is 75.0 cm³/mol. The van der Waals surface area contributed by atoms with Gasteiger partial charge in [-0.1, -0.05) is 34.6 Å². The molecule has 0 amide bonds. The summed E-state index contributed by atoms with van der Waals surface area (Å²) >= 11 is 0. The molecule has 17 heavy (non-hydrogen) atoms. The van der Waals surface area contributed by atoms with E-state index < -0.39 is 5.60 Å². The van der Waals surface area contributed by atoms with Crippen LogP contribution in [0.5, 0.6) is 0 Å². The van der Waals surface area contributed by atoms with Crippen LogP contribution in [0.4, 0.5) is 0 Å². The molecule has 1 heteroatoms. The summed E-state index contributed by atoms with van der Waals surface area (Å²) in [6.07, 6.45) is 4.93. The van der Waals surface area contributed by atoms with Gasteiger partial charge in [0.05, 0.1) is 5.60 Å². The van der Waals surface area contributed by atoms with Crippen molar-refractivity contribution in [3.63, 3.8) is 0 Å². The van der Waals surface area contributed by atoms with Crippen molar-refractivity contribution in [2.45, 2.75) is 79.8 Å². The second-order valence-corrected chi connectivity index (χ2v) is 8.17. The van der Waals surface area contributed by atoms with E-state index in [4.69, 9.17) is 0 Å². The van der Waals surface area contributed by atoms with E-state index in [0.717, 1.165) is 5.92 Å². The number of aliphatic hydroxyl groups is 1. The lowest BCUT2D eigenvalue weighted by Gasteiger charge is -2.49. The molecule has 0 aliphatic heterocycles. The van der Waals surface area contributed by atoms with Crippen molar-refractivity contribution in [3.05, 3.63) is 0 Å². The van der Waals surface area contributed by atoms with Crippen LogP contribution in [0.1, 0.15) is 74.1 Å². The maximum atomic E-state index is 10.1. The highest BCUT2D eigenvalue weighted by Gasteiger charge is 2.42. The summed E-state index contributed by atoms with van der Waals surface area (Å²) < 4.78 is 0. The van der Waals surface area contributed by atoms with E-state index in [1.807, 2.05) is 13.8 Å². The first kappa shape index (κ1) is 15.0. The minimum absolute atomic E-state index is 0.360. The van der Waals surface area contributed by atoms with Crippen LogP contribution in [0, 0.1) is 22.7 Å². The van der Waals surface area contributed by atoms with E-state index in [2.05, 4.69) is 34.6 Å². The first-order valence-corrected chi connectivity index (χ1v) is 7.18. The van der Waals surface area contributed by atoms with E-state index in [1.165, 1.54) is 25.7 Å². The molecule has 0 saturated heterocycles. The molecule has 0 spiro atoms. The van der Waals surface area contributed by atoms with Crippen LogP contribution in [0.15, 0.2) is 0 Å². The van der Waals surface area contributed by atoms with Crippen LogP contribution in [0.2, 0.25) is 0 Å². The molecule has 0 aromatic carbocycles. The Morgan fingerprint density at radius 3 is 1.35 bits per heavy atom. The Balaban J connectivity index is 2.64. The Morgan fingerprint density at radius 2 is 1.06 bits per heavy atom. The van der Waals surface area contributed by atoms with Crippen molar-refractivity contribution in [3.8, 4) is 0 Å². The van der Waals surface area contributed by atoms with Crippen LogP contribution in [-0.2, 0) is 0 Å². The fraction of sp³-hybridized carbons (Fsp3) is 1.00. The lowest BCUT2D eigenvalue weighted by atomic mass is 9.57. The van der Waals surface area contributed by atoms with Crippen molar-refractivity contribution < 1.29 is 5.11 Å². The normalized spacial score (nSPS) is 28.2. The summed E-state index contributed by atoms with van der Waals surface area (Å²) in [5, 5.41) is 10.1. The van der Waals surface area contributed by atoms with Gasteiger partial charge in [-0.25, -0.2) is 0 Å². The summed E-state index contributed by atoms with van der Waals surface area (Å²) in [5.41, 5.74) is 0.258. The molecule has 1 N–H and O–H groups in total. The topological polar surface area (TPSA) is 20.2 Å². The van der Waals surface area contributed by atoms with Crippen molar-refractivity contribution >= 4 is 0 Å². The van der Waals surface area contributed by atoms with Crippen LogP contribution in [0.3, 0.4) is 0 Å². The van der Waals surface area contributed by atoms with Crippen molar-refractivity contribution in [1.29, 1.82) is 0 Å². The third-order valence-electron chi connectivity index (χ3n) is 5.68. The highest BCUT2D eigenvalue weighted by Crippen LogP contribution is 2.51. The molecule has 1 nitrogen and oxygen atoms in total. The largest absolute Gasteiger partial charge is 0.390 e. The highest BCUT2D eigenvalue weighted by atomic mass is 16.3. The van der Waals surface area contributed by atoms with Crippen LogP contribution < -0.4 is 0 Å². The fourth-order valence-corrected chi connectivity index (χ4v) is 3.13. The minimum Gasteiger partial charge on any atom is -0.390 e. The van der Waals surface area contributed by atoms with Crippen LogP contribution >= 0.6 is 0 Å². The summed E-state index contributed by atoms with van der Waals surface area (Å²) in [4.78, 5) is 0. The maximum Gasteiger partial charge on any atom is 0.0619 e. The molecule has 0 unspecified atom stereocenters. The fourth-order valence-electron chi connectivity index (χ4n) is 3.13. The van der Waals surface area contributed by atoms with Gasteiger partial charge >= 0.3 is 0 Å². The quantitative estimate of drug-likeness (QED) is 0.745. The zero-order chi connectivity index (χ0) is 13.5. The Morgan fingerprint density at radius 1 is 0.706 bits per heavy atom. The van der Waals surface area contributed by atoms with E-state index in [1.54, 1.807) is 0 Å². The van der Waals surface area contributed by atoms with Gasteiger partial charge in [-0.2, -0.15) is 0 Å². The summed E-state index contributed by atoms with van der Waals surface area (Å²) in [5.74, 6) is 1.30. The van der Waals surface area contributed by atoms with Gasteiger partial charge in [0.1, 0.15) is 0 Å². The third-order valence-corrected chi connectivity index (χ3v) is 5.68. The first-order chi connectivity index (χ1) is 7.46. The molecular weight excluding hydrogens is 208 g/mol. The average Bonchev–Trinajstić information content (AvgIpc) is 2.15. The Kier molecular flexibility index (Phi) is 4.04. The van der Waals surface area contributed by atoms with Crippen LogP contribution in [0.25, 0.3) is 0 Å². The standard InChI is InChI=1S/C16H32O/c1-14(2,3)15(4,5)12-8-10-13(11-9-12)16(6,7)17/h12-13,17H,8-11H2,1-7H3. The molecule has 1 fully saturated rings. The molecule has 1 aliphatic rings. The minimum atomic E-state index is -0.489. The molecule has 0 radical (unpaired) electrons. The Bertz CT molecular complexity index is 244. The molecule has 102 valence electrons. The highest BCUT2D eigenvalue weighted by molar-refractivity contribution is 4.93. The zero-order valence-electron chi connectivity index (χ0n) is 12.9. The van der Waals surface area contributed by atoms with Gasteiger partial charge in [-0.15, -0.1) is 0 Å². The summed E-state index contributed by atoms with van der Waals surface area (Å²) in [6, 6.07) is 0. The lowest BCUT2D eigenvalue weighted by Crippen LogP contribution is -2.41. The van der Waals surface area contributed by atoms with Gasteiger partial charge in [0.25, 0.3) is 0 Å². The maximum absolute atomic E-state index is 10.1. The van der Waals surface area contributed by atoms with E-state index >= 15 is 0 Å². The van der Waals surface area contributed by atoms with Crippen molar-refractivity contribution in [2.24, 2.45) is 22.7 Å². The first-order valence-electron chi connectivity index (χ1n) is 7.18. The van der Waals surface area contributed by atoms with Gasteiger partial charge < -0.3 is 5.11 Å².